The molecule has 0 aliphatic carbocycles. The molecular weight excluding hydrogens is 390 g/mol. The van der Waals surface area contributed by atoms with E-state index in [1.165, 1.54) is 0 Å². The Hall–Kier alpha value is -3.80. The minimum absolute atomic E-state index is 0.0667. The first-order valence-electron chi connectivity index (χ1n) is 10.3. The summed E-state index contributed by atoms with van der Waals surface area (Å²) in [4.78, 5) is 25.1. The normalized spacial score (nSPS) is 10.2. The molecule has 0 saturated heterocycles. The first-order valence-corrected chi connectivity index (χ1v) is 10.3. The van der Waals surface area contributed by atoms with E-state index in [1.54, 1.807) is 24.3 Å². The predicted molar refractivity (Wildman–Crippen MR) is 123 cm³/mol. The third kappa shape index (κ3) is 6.89. The van der Waals surface area contributed by atoms with Crippen molar-refractivity contribution in [3.63, 3.8) is 0 Å². The Labute approximate surface area is 182 Å². The molecule has 0 fully saturated rings. The van der Waals surface area contributed by atoms with E-state index in [2.05, 4.69) is 16.0 Å². The van der Waals surface area contributed by atoms with E-state index in [0.717, 1.165) is 23.4 Å². The van der Waals surface area contributed by atoms with E-state index in [-0.39, 0.29) is 18.4 Å². The molecule has 0 aromatic heterocycles. The van der Waals surface area contributed by atoms with E-state index in [1.807, 2.05) is 61.5 Å². The Balaban J connectivity index is 1.56. The minimum atomic E-state index is -0.247. The maximum absolute atomic E-state index is 12.6. The lowest BCUT2D eigenvalue weighted by Gasteiger charge is -2.13. The minimum Gasteiger partial charge on any atom is -0.494 e. The molecule has 0 saturated carbocycles. The van der Waals surface area contributed by atoms with E-state index < -0.39 is 0 Å². The van der Waals surface area contributed by atoms with Gasteiger partial charge in [0.15, 0.2) is 0 Å². The summed E-state index contributed by atoms with van der Waals surface area (Å²) in [6, 6.07) is 24.1. The second-order valence-corrected chi connectivity index (χ2v) is 6.99. The van der Waals surface area contributed by atoms with Gasteiger partial charge in [-0.05, 0) is 36.2 Å². The number of amides is 2. The number of ether oxygens (including phenoxy) is 1. The van der Waals surface area contributed by atoms with Crippen molar-refractivity contribution in [1.82, 2.24) is 5.32 Å². The number of hydrogen-bond donors (Lipinski definition) is 3. The van der Waals surface area contributed by atoms with Crippen LogP contribution in [-0.2, 0) is 11.3 Å². The van der Waals surface area contributed by atoms with E-state index in [9.17, 15) is 9.59 Å². The molecule has 0 spiro atoms. The van der Waals surface area contributed by atoms with Gasteiger partial charge in [-0.25, -0.2) is 0 Å². The quantitative estimate of drug-likeness (QED) is 0.455. The molecule has 0 atom stereocenters. The second kappa shape index (κ2) is 11.4. The summed E-state index contributed by atoms with van der Waals surface area (Å²) < 4.78 is 5.61. The number of carbonyl (C=O) groups is 2. The Morgan fingerprint density at radius 3 is 2.48 bits per heavy atom. The van der Waals surface area contributed by atoms with Crippen LogP contribution in [0.15, 0.2) is 78.9 Å². The van der Waals surface area contributed by atoms with E-state index in [0.29, 0.717) is 24.4 Å². The fraction of sp³-hybridized carbons (Fsp3) is 0.200. The second-order valence-electron chi connectivity index (χ2n) is 6.99. The van der Waals surface area contributed by atoms with Crippen LogP contribution in [0.2, 0.25) is 0 Å². The third-order valence-corrected chi connectivity index (χ3v) is 4.50. The Kier molecular flexibility index (Phi) is 8.05. The molecule has 0 radical (unpaired) electrons. The molecule has 3 aromatic rings. The Morgan fingerprint density at radius 2 is 1.68 bits per heavy atom. The summed E-state index contributed by atoms with van der Waals surface area (Å²) in [5.41, 5.74) is 2.69. The zero-order valence-electron chi connectivity index (χ0n) is 17.6. The fourth-order valence-corrected chi connectivity index (χ4v) is 2.96. The number of nitrogens with one attached hydrogen (secondary N) is 3. The Morgan fingerprint density at radius 1 is 0.903 bits per heavy atom. The van der Waals surface area contributed by atoms with E-state index in [4.69, 9.17) is 4.74 Å². The molecule has 160 valence electrons. The molecule has 3 rings (SSSR count). The smallest absolute Gasteiger partial charge is 0.253 e. The van der Waals surface area contributed by atoms with Crippen molar-refractivity contribution in [3.05, 3.63) is 90.0 Å². The van der Waals surface area contributed by atoms with Crippen molar-refractivity contribution in [3.8, 4) is 5.75 Å². The largest absolute Gasteiger partial charge is 0.494 e. The lowest BCUT2D eigenvalue weighted by atomic mass is 10.1. The van der Waals surface area contributed by atoms with Crippen LogP contribution < -0.4 is 20.7 Å². The van der Waals surface area contributed by atoms with Crippen molar-refractivity contribution >= 4 is 23.2 Å². The lowest BCUT2D eigenvalue weighted by molar-refractivity contribution is -0.114. The summed E-state index contributed by atoms with van der Waals surface area (Å²) in [5, 5.41) is 8.79. The monoisotopic (exact) mass is 417 g/mol. The van der Waals surface area contributed by atoms with Crippen molar-refractivity contribution < 1.29 is 14.3 Å². The molecular formula is C25H27N3O3. The van der Waals surface area contributed by atoms with Gasteiger partial charge in [0, 0.05) is 18.3 Å². The molecule has 31 heavy (non-hydrogen) atoms. The summed E-state index contributed by atoms with van der Waals surface area (Å²) in [7, 11) is 0. The number of para-hydroxylation sites is 1. The van der Waals surface area contributed by atoms with Gasteiger partial charge in [-0.3, -0.25) is 9.59 Å². The number of carbonyl (C=O) groups excluding carboxylic acids is 2. The van der Waals surface area contributed by atoms with Crippen molar-refractivity contribution in [1.29, 1.82) is 0 Å². The average molecular weight is 418 g/mol. The molecule has 3 N–H and O–H groups in total. The molecule has 0 unspecified atom stereocenters. The van der Waals surface area contributed by atoms with E-state index >= 15 is 0 Å². The maximum atomic E-state index is 12.6. The van der Waals surface area contributed by atoms with Gasteiger partial charge in [0.1, 0.15) is 5.75 Å². The predicted octanol–water partition coefficient (Wildman–Crippen LogP) is 4.46. The zero-order chi connectivity index (χ0) is 21.9. The van der Waals surface area contributed by atoms with Crippen LogP contribution in [0.1, 0.15) is 29.3 Å². The molecule has 6 heteroatoms. The first kappa shape index (κ1) is 21.9. The van der Waals surface area contributed by atoms with Crippen LogP contribution in [-0.4, -0.2) is 25.0 Å². The zero-order valence-corrected chi connectivity index (χ0v) is 17.6. The molecule has 2 amide bonds. The number of hydrogen-bond acceptors (Lipinski definition) is 4. The summed E-state index contributed by atoms with van der Waals surface area (Å²) in [6.07, 6.45) is 0.929. The SMILES string of the molecule is CCCOc1cccc(NCC(=O)Nc2ccccc2C(=O)NCc2ccccc2)c1. The summed E-state index contributed by atoms with van der Waals surface area (Å²) in [6.45, 7) is 3.18. The summed E-state index contributed by atoms with van der Waals surface area (Å²) in [5.74, 6) is 0.268. The highest BCUT2D eigenvalue weighted by molar-refractivity contribution is 6.04. The van der Waals surface area contributed by atoms with Crippen molar-refractivity contribution in [2.75, 3.05) is 23.8 Å². The number of rotatable bonds is 10. The van der Waals surface area contributed by atoms with Crippen LogP contribution >= 0.6 is 0 Å². The molecule has 0 bridgehead atoms. The average Bonchev–Trinajstić information content (AvgIpc) is 2.81. The fourth-order valence-electron chi connectivity index (χ4n) is 2.96. The highest BCUT2D eigenvalue weighted by Gasteiger charge is 2.13. The maximum Gasteiger partial charge on any atom is 0.253 e. The van der Waals surface area contributed by atoms with Gasteiger partial charge in [0.2, 0.25) is 5.91 Å². The van der Waals surface area contributed by atoms with Gasteiger partial charge in [-0.15, -0.1) is 0 Å². The lowest BCUT2D eigenvalue weighted by Crippen LogP contribution is -2.26. The van der Waals surface area contributed by atoms with Gasteiger partial charge in [-0.2, -0.15) is 0 Å². The molecule has 6 nitrogen and oxygen atoms in total. The van der Waals surface area contributed by atoms with Crippen LogP contribution in [0, 0.1) is 0 Å². The van der Waals surface area contributed by atoms with Crippen LogP contribution in [0.5, 0.6) is 5.75 Å². The third-order valence-electron chi connectivity index (χ3n) is 4.50. The first-order chi connectivity index (χ1) is 15.2. The van der Waals surface area contributed by atoms with Gasteiger partial charge in [0.25, 0.3) is 5.91 Å². The van der Waals surface area contributed by atoms with Crippen molar-refractivity contribution in [2.24, 2.45) is 0 Å². The van der Waals surface area contributed by atoms with Gasteiger partial charge < -0.3 is 20.7 Å². The van der Waals surface area contributed by atoms with Crippen LogP contribution in [0.3, 0.4) is 0 Å². The topological polar surface area (TPSA) is 79.5 Å². The van der Waals surface area contributed by atoms with Crippen LogP contribution in [0.25, 0.3) is 0 Å². The number of anilines is 2. The standard InChI is InChI=1S/C25H27N3O3/c1-2-15-31-21-12-8-11-20(16-21)26-18-24(29)28-23-14-7-6-13-22(23)25(30)27-17-19-9-4-3-5-10-19/h3-14,16,26H,2,15,17-18H2,1H3,(H,27,30)(H,28,29). The Bertz CT molecular complexity index is 1010. The summed E-state index contributed by atoms with van der Waals surface area (Å²) >= 11 is 0. The van der Waals surface area contributed by atoms with Crippen molar-refractivity contribution in [2.45, 2.75) is 19.9 Å². The molecule has 0 aliphatic rings. The van der Waals surface area contributed by atoms with Gasteiger partial charge in [-0.1, -0.05) is 55.5 Å². The van der Waals surface area contributed by atoms with Gasteiger partial charge >= 0.3 is 0 Å². The molecule has 0 heterocycles. The highest BCUT2D eigenvalue weighted by Crippen LogP contribution is 2.18. The van der Waals surface area contributed by atoms with Crippen LogP contribution in [0.4, 0.5) is 11.4 Å². The molecule has 0 aliphatic heterocycles. The van der Waals surface area contributed by atoms with Gasteiger partial charge in [0.05, 0.1) is 24.4 Å². The number of benzene rings is 3. The molecule has 3 aromatic carbocycles. The highest BCUT2D eigenvalue weighted by atomic mass is 16.5.